The Labute approximate surface area is 137 Å². The molecule has 0 fully saturated rings. The molecule has 0 saturated carbocycles. The monoisotopic (exact) mass is 363 g/mol. The zero-order chi connectivity index (χ0) is 14.8. The summed E-state index contributed by atoms with van der Waals surface area (Å²) in [5.74, 6) is 0.190. The first-order valence-corrected chi connectivity index (χ1v) is 8.11. The number of halogens is 2. The van der Waals surface area contributed by atoms with Gasteiger partial charge >= 0.3 is 0 Å². The lowest BCUT2D eigenvalue weighted by atomic mass is 9.85. The van der Waals surface area contributed by atoms with Gasteiger partial charge in [-0.2, -0.15) is 0 Å². The summed E-state index contributed by atoms with van der Waals surface area (Å²) in [7, 11) is 0. The molecule has 1 aliphatic heterocycles. The Bertz CT molecular complexity index is 686. The number of carbonyl (C=O) groups is 1. The van der Waals surface area contributed by atoms with Gasteiger partial charge in [0.25, 0.3) is 0 Å². The molecule has 2 aromatic carbocycles. The zero-order valence-electron chi connectivity index (χ0n) is 11.4. The van der Waals surface area contributed by atoms with Gasteiger partial charge < -0.3 is 5.32 Å². The van der Waals surface area contributed by atoms with Crippen LogP contribution in [0.2, 0.25) is 5.02 Å². The Kier molecular flexibility index (Phi) is 4.32. The molecule has 1 aliphatic rings. The first-order chi connectivity index (χ1) is 10.1. The number of rotatable bonds is 3. The minimum absolute atomic E-state index is 0.0397. The molecule has 0 saturated heterocycles. The first-order valence-electron chi connectivity index (χ1n) is 6.94. The molecule has 0 bridgehead atoms. The number of benzene rings is 2. The minimum atomic E-state index is -0.0397. The molecular formula is C17H15BrClNO. The quantitative estimate of drug-likeness (QED) is 0.846. The summed E-state index contributed by atoms with van der Waals surface area (Å²) in [5, 5.41) is 3.98. The van der Waals surface area contributed by atoms with Gasteiger partial charge in [-0.3, -0.25) is 4.79 Å². The van der Waals surface area contributed by atoms with E-state index in [2.05, 4.69) is 21.2 Å². The van der Waals surface area contributed by atoms with Crippen molar-refractivity contribution in [2.75, 3.05) is 11.9 Å². The molecular weight excluding hydrogens is 350 g/mol. The summed E-state index contributed by atoms with van der Waals surface area (Å²) in [6.07, 6.45) is 1.22. The maximum Gasteiger partial charge on any atom is 0.144 e. The van der Waals surface area contributed by atoms with E-state index in [-0.39, 0.29) is 11.7 Å². The van der Waals surface area contributed by atoms with Gasteiger partial charge in [0.1, 0.15) is 5.78 Å². The fraction of sp³-hybridized carbons (Fsp3) is 0.235. The second kappa shape index (κ2) is 6.20. The molecule has 108 valence electrons. The molecule has 0 spiro atoms. The fourth-order valence-electron chi connectivity index (χ4n) is 2.78. The highest BCUT2D eigenvalue weighted by molar-refractivity contribution is 9.10. The molecule has 0 aliphatic carbocycles. The normalized spacial score (nSPS) is 17.0. The number of para-hydroxylation sites is 1. The number of anilines is 1. The van der Waals surface area contributed by atoms with E-state index in [0.717, 1.165) is 34.3 Å². The van der Waals surface area contributed by atoms with E-state index in [0.29, 0.717) is 11.4 Å². The van der Waals surface area contributed by atoms with Gasteiger partial charge in [0, 0.05) is 34.1 Å². The molecule has 1 heterocycles. The lowest BCUT2D eigenvalue weighted by Gasteiger charge is -2.25. The third kappa shape index (κ3) is 3.14. The average Bonchev–Trinajstić information content (AvgIpc) is 2.49. The lowest BCUT2D eigenvalue weighted by Crippen LogP contribution is -2.24. The van der Waals surface area contributed by atoms with Crippen molar-refractivity contribution in [3.8, 4) is 0 Å². The molecule has 21 heavy (non-hydrogen) atoms. The molecule has 0 radical (unpaired) electrons. The topological polar surface area (TPSA) is 29.1 Å². The van der Waals surface area contributed by atoms with Crippen LogP contribution in [0.4, 0.5) is 5.69 Å². The van der Waals surface area contributed by atoms with Crippen LogP contribution in [0.3, 0.4) is 0 Å². The molecule has 0 amide bonds. The van der Waals surface area contributed by atoms with Crippen molar-refractivity contribution in [2.24, 2.45) is 0 Å². The van der Waals surface area contributed by atoms with Crippen LogP contribution in [0, 0.1) is 0 Å². The van der Waals surface area contributed by atoms with Gasteiger partial charge in [-0.15, -0.1) is 0 Å². The molecule has 4 heteroatoms. The van der Waals surface area contributed by atoms with E-state index in [9.17, 15) is 4.79 Å². The number of Topliss-reactive ketones (excluding diaryl/α,β-unsaturated/α-hetero) is 1. The summed E-state index contributed by atoms with van der Waals surface area (Å²) in [5.41, 5.74) is 3.06. The number of hydrogen-bond acceptors (Lipinski definition) is 2. The number of hydrogen-bond donors (Lipinski definition) is 1. The summed E-state index contributed by atoms with van der Waals surface area (Å²) < 4.78 is 0.927. The summed E-state index contributed by atoms with van der Waals surface area (Å²) >= 11 is 9.60. The molecule has 2 nitrogen and oxygen atoms in total. The predicted octanol–water partition coefficient (Wildman–Crippen LogP) is 4.81. The van der Waals surface area contributed by atoms with Gasteiger partial charge in [-0.1, -0.05) is 51.8 Å². The number of carbonyl (C=O) groups excluding carboxylic acids is 1. The van der Waals surface area contributed by atoms with Crippen LogP contribution in [0.5, 0.6) is 0 Å². The summed E-state index contributed by atoms with van der Waals surface area (Å²) in [6, 6.07) is 13.7. The second-order valence-electron chi connectivity index (χ2n) is 5.23. The molecule has 2 aromatic rings. The van der Waals surface area contributed by atoms with E-state index in [4.69, 9.17) is 11.6 Å². The largest absolute Gasteiger partial charge is 0.385 e. The van der Waals surface area contributed by atoms with Crippen LogP contribution in [-0.2, 0) is 11.2 Å². The van der Waals surface area contributed by atoms with Crippen molar-refractivity contribution >= 4 is 39.0 Å². The molecule has 0 aromatic heterocycles. The smallest absolute Gasteiger partial charge is 0.144 e. The van der Waals surface area contributed by atoms with Crippen molar-refractivity contribution in [3.63, 3.8) is 0 Å². The van der Waals surface area contributed by atoms with Crippen LogP contribution >= 0.6 is 27.5 Å². The summed E-state index contributed by atoms with van der Waals surface area (Å²) in [6.45, 7) is 0.835. The van der Waals surface area contributed by atoms with Crippen molar-refractivity contribution in [1.29, 1.82) is 0 Å². The third-order valence-electron chi connectivity index (χ3n) is 3.85. The highest BCUT2D eigenvalue weighted by Gasteiger charge is 2.26. The van der Waals surface area contributed by atoms with Crippen LogP contribution < -0.4 is 5.32 Å². The van der Waals surface area contributed by atoms with Crippen molar-refractivity contribution in [2.45, 2.75) is 18.8 Å². The molecule has 1 unspecified atom stereocenters. The van der Waals surface area contributed by atoms with Crippen molar-refractivity contribution in [3.05, 3.63) is 63.1 Å². The van der Waals surface area contributed by atoms with Gasteiger partial charge in [0.15, 0.2) is 0 Å². The van der Waals surface area contributed by atoms with E-state index in [1.165, 1.54) is 0 Å². The second-order valence-corrected chi connectivity index (χ2v) is 6.56. The highest BCUT2D eigenvalue weighted by atomic mass is 79.9. The Balaban J connectivity index is 1.83. The predicted molar refractivity (Wildman–Crippen MR) is 90.2 cm³/mol. The Morgan fingerprint density at radius 3 is 2.90 bits per heavy atom. The highest BCUT2D eigenvalue weighted by Crippen LogP contribution is 2.33. The SMILES string of the molecule is O=C(Cc1ccc(Br)cc1Cl)C1CCNc2ccccc21. The Morgan fingerprint density at radius 1 is 1.29 bits per heavy atom. The minimum Gasteiger partial charge on any atom is -0.385 e. The lowest BCUT2D eigenvalue weighted by molar-refractivity contribution is -0.120. The van der Waals surface area contributed by atoms with Gasteiger partial charge in [0.2, 0.25) is 0 Å². The molecule has 3 rings (SSSR count). The number of nitrogens with one attached hydrogen (secondary N) is 1. The number of fused-ring (bicyclic) bond motifs is 1. The standard InChI is InChI=1S/C17H15BrClNO/c18-12-6-5-11(15(19)10-12)9-17(21)14-7-8-20-16-4-2-1-3-13(14)16/h1-6,10,14,20H,7-9H2. The van der Waals surface area contributed by atoms with Gasteiger partial charge in [-0.25, -0.2) is 0 Å². The van der Waals surface area contributed by atoms with Crippen LogP contribution in [0.25, 0.3) is 0 Å². The van der Waals surface area contributed by atoms with Crippen molar-refractivity contribution in [1.82, 2.24) is 0 Å². The average molecular weight is 365 g/mol. The number of ketones is 1. The molecule has 1 atom stereocenters. The van der Waals surface area contributed by atoms with Gasteiger partial charge in [-0.05, 0) is 35.7 Å². The maximum atomic E-state index is 12.7. The maximum absolute atomic E-state index is 12.7. The fourth-order valence-corrected chi connectivity index (χ4v) is 3.52. The van der Waals surface area contributed by atoms with Crippen LogP contribution in [0.1, 0.15) is 23.5 Å². The van der Waals surface area contributed by atoms with Crippen molar-refractivity contribution < 1.29 is 4.79 Å². The van der Waals surface area contributed by atoms with E-state index < -0.39 is 0 Å². The van der Waals surface area contributed by atoms with Gasteiger partial charge in [0.05, 0.1) is 0 Å². The zero-order valence-corrected chi connectivity index (χ0v) is 13.7. The first kappa shape index (κ1) is 14.6. The third-order valence-corrected chi connectivity index (χ3v) is 4.70. The van der Waals surface area contributed by atoms with E-state index >= 15 is 0 Å². The Morgan fingerprint density at radius 2 is 2.10 bits per heavy atom. The van der Waals surface area contributed by atoms with E-state index in [1.54, 1.807) is 0 Å². The van der Waals surface area contributed by atoms with Crippen LogP contribution in [-0.4, -0.2) is 12.3 Å². The van der Waals surface area contributed by atoms with Crippen LogP contribution in [0.15, 0.2) is 46.9 Å². The van der Waals surface area contributed by atoms with E-state index in [1.807, 2.05) is 42.5 Å². The summed E-state index contributed by atoms with van der Waals surface area (Å²) in [4.78, 5) is 12.7. The molecule has 1 N–H and O–H groups in total. The Hall–Kier alpha value is -1.32.